The minimum atomic E-state index is 0.107. The summed E-state index contributed by atoms with van der Waals surface area (Å²) in [7, 11) is 1.96. The number of anilines is 1. The SMILES string of the molecule is CC(c1cccc(N)c1)N(C)CC(=O)NC1CC1. The van der Waals surface area contributed by atoms with E-state index in [4.69, 9.17) is 5.73 Å². The first kappa shape index (κ1) is 12.9. The number of carbonyl (C=O) groups is 1. The molecule has 98 valence electrons. The van der Waals surface area contributed by atoms with Crippen LogP contribution < -0.4 is 11.1 Å². The summed E-state index contributed by atoms with van der Waals surface area (Å²) in [5.74, 6) is 0.107. The summed E-state index contributed by atoms with van der Waals surface area (Å²) in [5, 5.41) is 3.00. The zero-order chi connectivity index (χ0) is 13.1. The molecule has 0 heterocycles. The van der Waals surface area contributed by atoms with Gasteiger partial charge in [-0.15, -0.1) is 0 Å². The summed E-state index contributed by atoms with van der Waals surface area (Å²) in [6, 6.07) is 8.41. The number of benzene rings is 1. The van der Waals surface area contributed by atoms with E-state index in [9.17, 15) is 4.79 Å². The molecule has 1 amide bonds. The van der Waals surface area contributed by atoms with Crippen LogP contribution in [0.5, 0.6) is 0 Å². The van der Waals surface area contributed by atoms with Crippen molar-refractivity contribution in [2.24, 2.45) is 0 Å². The van der Waals surface area contributed by atoms with E-state index < -0.39 is 0 Å². The van der Waals surface area contributed by atoms with Crippen molar-refractivity contribution >= 4 is 11.6 Å². The average Bonchev–Trinajstić information content (AvgIpc) is 3.11. The Bertz CT molecular complexity index is 429. The Morgan fingerprint density at radius 2 is 2.28 bits per heavy atom. The van der Waals surface area contributed by atoms with E-state index in [1.54, 1.807) is 0 Å². The fourth-order valence-electron chi connectivity index (χ4n) is 1.94. The van der Waals surface area contributed by atoms with Gasteiger partial charge in [-0.2, -0.15) is 0 Å². The number of nitrogens with one attached hydrogen (secondary N) is 1. The van der Waals surface area contributed by atoms with E-state index >= 15 is 0 Å². The predicted molar refractivity (Wildman–Crippen MR) is 73.1 cm³/mol. The molecule has 1 aliphatic carbocycles. The predicted octanol–water partition coefficient (Wildman–Crippen LogP) is 1.54. The summed E-state index contributed by atoms with van der Waals surface area (Å²) >= 11 is 0. The van der Waals surface area contributed by atoms with Crippen molar-refractivity contribution in [3.8, 4) is 0 Å². The molecule has 4 heteroatoms. The number of nitrogen functional groups attached to an aromatic ring is 1. The lowest BCUT2D eigenvalue weighted by Gasteiger charge is -2.24. The first-order valence-electron chi connectivity index (χ1n) is 6.41. The van der Waals surface area contributed by atoms with Crippen LogP contribution in [0.25, 0.3) is 0 Å². The maximum absolute atomic E-state index is 11.7. The molecule has 4 nitrogen and oxygen atoms in total. The van der Waals surface area contributed by atoms with Crippen molar-refractivity contribution in [1.82, 2.24) is 10.2 Å². The molecule has 0 aromatic heterocycles. The van der Waals surface area contributed by atoms with Crippen LogP contribution in [0.1, 0.15) is 31.4 Å². The highest BCUT2D eigenvalue weighted by Crippen LogP contribution is 2.21. The molecule has 1 unspecified atom stereocenters. The van der Waals surface area contributed by atoms with Gasteiger partial charge in [0.25, 0.3) is 0 Å². The molecule has 2 rings (SSSR count). The topological polar surface area (TPSA) is 58.4 Å². The molecule has 3 N–H and O–H groups in total. The highest BCUT2D eigenvalue weighted by molar-refractivity contribution is 5.78. The van der Waals surface area contributed by atoms with Gasteiger partial charge in [0.1, 0.15) is 0 Å². The van der Waals surface area contributed by atoms with E-state index in [-0.39, 0.29) is 11.9 Å². The van der Waals surface area contributed by atoms with Gasteiger partial charge in [0.05, 0.1) is 6.54 Å². The van der Waals surface area contributed by atoms with Gasteiger partial charge in [0, 0.05) is 17.8 Å². The van der Waals surface area contributed by atoms with E-state index in [2.05, 4.69) is 12.2 Å². The third-order valence-corrected chi connectivity index (χ3v) is 3.39. The molecule has 1 aromatic rings. The van der Waals surface area contributed by atoms with Crippen LogP contribution >= 0.6 is 0 Å². The van der Waals surface area contributed by atoms with Crippen LogP contribution in [0, 0.1) is 0 Å². The Hall–Kier alpha value is -1.55. The molecule has 1 atom stereocenters. The molecule has 0 spiro atoms. The lowest BCUT2D eigenvalue weighted by molar-refractivity contribution is -0.122. The van der Waals surface area contributed by atoms with Gasteiger partial charge in [-0.05, 0) is 44.5 Å². The van der Waals surface area contributed by atoms with Crippen LogP contribution in [0.2, 0.25) is 0 Å². The van der Waals surface area contributed by atoms with E-state index in [1.807, 2.05) is 36.2 Å². The highest BCUT2D eigenvalue weighted by Gasteiger charge is 2.24. The first-order valence-corrected chi connectivity index (χ1v) is 6.41. The van der Waals surface area contributed by atoms with Crippen LogP contribution in [-0.2, 0) is 4.79 Å². The van der Waals surface area contributed by atoms with Crippen molar-refractivity contribution in [3.05, 3.63) is 29.8 Å². The fraction of sp³-hybridized carbons (Fsp3) is 0.500. The van der Waals surface area contributed by atoms with E-state index in [1.165, 1.54) is 0 Å². The summed E-state index contributed by atoms with van der Waals surface area (Å²) in [6.45, 7) is 2.51. The molecule has 1 aromatic carbocycles. The second kappa shape index (κ2) is 5.40. The van der Waals surface area contributed by atoms with Crippen LogP contribution in [0.15, 0.2) is 24.3 Å². The number of hydrogen-bond acceptors (Lipinski definition) is 3. The minimum Gasteiger partial charge on any atom is -0.399 e. The smallest absolute Gasteiger partial charge is 0.234 e. The Morgan fingerprint density at radius 3 is 2.89 bits per heavy atom. The molecule has 0 aliphatic heterocycles. The lowest BCUT2D eigenvalue weighted by Crippen LogP contribution is -2.37. The zero-order valence-electron chi connectivity index (χ0n) is 11.0. The molecular weight excluding hydrogens is 226 g/mol. The Kier molecular flexibility index (Phi) is 3.87. The average molecular weight is 247 g/mol. The Balaban J connectivity index is 1.90. The van der Waals surface area contributed by atoms with Gasteiger partial charge >= 0.3 is 0 Å². The maximum atomic E-state index is 11.7. The molecule has 18 heavy (non-hydrogen) atoms. The number of amides is 1. The van der Waals surface area contributed by atoms with Crippen molar-refractivity contribution in [2.45, 2.75) is 31.8 Å². The number of likely N-dealkylation sites (N-methyl/N-ethyl adjacent to an activating group) is 1. The third kappa shape index (κ3) is 3.47. The molecule has 1 aliphatic rings. The van der Waals surface area contributed by atoms with Crippen molar-refractivity contribution in [1.29, 1.82) is 0 Å². The van der Waals surface area contributed by atoms with Gasteiger partial charge in [-0.25, -0.2) is 0 Å². The number of carbonyl (C=O) groups excluding carboxylic acids is 1. The molecule has 0 bridgehead atoms. The number of nitrogens with zero attached hydrogens (tertiary/aromatic N) is 1. The van der Waals surface area contributed by atoms with Crippen molar-refractivity contribution < 1.29 is 4.79 Å². The standard InChI is InChI=1S/C14H21N3O/c1-10(11-4-3-5-12(15)8-11)17(2)9-14(18)16-13-6-7-13/h3-5,8,10,13H,6-7,9,15H2,1-2H3,(H,16,18). The second-order valence-corrected chi connectivity index (χ2v) is 5.10. The summed E-state index contributed by atoms with van der Waals surface area (Å²) in [5.41, 5.74) is 7.67. The van der Waals surface area contributed by atoms with Gasteiger partial charge < -0.3 is 11.1 Å². The Labute approximate surface area is 108 Å². The fourth-order valence-corrected chi connectivity index (χ4v) is 1.94. The summed E-state index contributed by atoms with van der Waals surface area (Å²) < 4.78 is 0. The van der Waals surface area contributed by atoms with Crippen LogP contribution in [0.3, 0.4) is 0 Å². The molecule has 0 saturated heterocycles. The normalized spacial score (nSPS) is 16.6. The Morgan fingerprint density at radius 1 is 1.56 bits per heavy atom. The van der Waals surface area contributed by atoms with Gasteiger partial charge in [-0.1, -0.05) is 12.1 Å². The van der Waals surface area contributed by atoms with Crippen LogP contribution in [-0.4, -0.2) is 30.4 Å². The maximum Gasteiger partial charge on any atom is 0.234 e. The summed E-state index contributed by atoms with van der Waals surface area (Å²) in [6.07, 6.45) is 2.25. The number of hydrogen-bond donors (Lipinski definition) is 2. The van der Waals surface area contributed by atoms with Crippen molar-refractivity contribution in [3.63, 3.8) is 0 Å². The minimum absolute atomic E-state index is 0.107. The van der Waals surface area contributed by atoms with Gasteiger partial charge in [-0.3, -0.25) is 9.69 Å². The quantitative estimate of drug-likeness (QED) is 0.776. The molecule has 1 saturated carbocycles. The zero-order valence-corrected chi connectivity index (χ0v) is 11.0. The van der Waals surface area contributed by atoms with Crippen molar-refractivity contribution in [2.75, 3.05) is 19.3 Å². The van der Waals surface area contributed by atoms with Gasteiger partial charge in [0.15, 0.2) is 0 Å². The van der Waals surface area contributed by atoms with Crippen LogP contribution in [0.4, 0.5) is 5.69 Å². The number of rotatable bonds is 5. The highest BCUT2D eigenvalue weighted by atomic mass is 16.2. The third-order valence-electron chi connectivity index (χ3n) is 3.39. The summed E-state index contributed by atoms with van der Waals surface area (Å²) in [4.78, 5) is 13.8. The largest absolute Gasteiger partial charge is 0.399 e. The molecular formula is C14H21N3O. The monoisotopic (exact) mass is 247 g/mol. The first-order chi connectivity index (χ1) is 8.56. The molecule has 0 radical (unpaired) electrons. The van der Waals surface area contributed by atoms with Gasteiger partial charge in [0.2, 0.25) is 5.91 Å². The van der Waals surface area contributed by atoms with E-state index in [0.717, 1.165) is 24.1 Å². The number of nitrogens with two attached hydrogens (primary N) is 1. The molecule has 1 fully saturated rings. The second-order valence-electron chi connectivity index (χ2n) is 5.10. The lowest BCUT2D eigenvalue weighted by atomic mass is 10.1. The van der Waals surface area contributed by atoms with E-state index in [0.29, 0.717) is 12.6 Å².